The first-order valence-corrected chi connectivity index (χ1v) is 9.52. The molecule has 1 fully saturated rings. The minimum absolute atomic E-state index is 0.00444. The summed E-state index contributed by atoms with van der Waals surface area (Å²) in [7, 11) is 0. The van der Waals surface area contributed by atoms with Crippen molar-refractivity contribution in [1.29, 1.82) is 0 Å². The molecule has 0 bridgehead atoms. The number of aryl methyl sites for hydroxylation is 1. The van der Waals surface area contributed by atoms with Crippen LogP contribution in [0, 0.1) is 6.92 Å². The molecule has 1 aromatic carbocycles. The predicted octanol–water partition coefficient (Wildman–Crippen LogP) is 2.75. The summed E-state index contributed by atoms with van der Waals surface area (Å²) in [5, 5.41) is 4.36. The van der Waals surface area contributed by atoms with Crippen molar-refractivity contribution in [3.05, 3.63) is 35.5 Å². The molecule has 2 amide bonds. The summed E-state index contributed by atoms with van der Waals surface area (Å²) in [6.07, 6.45) is 1.17. The van der Waals surface area contributed by atoms with Crippen molar-refractivity contribution < 1.29 is 9.59 Å². The number of aromatic nitrogens is 1. The Morgan fingerprint density at radius 2 is 1.88 bits per heavy atom. The Labute approximate surface area is 146 Å². The fraction of sp³-hybridized carbons (Fsp3) is 0.444. The van der Waals surface area contributed by atoms with E-state index in [0.717, 1.165) is 34.3 Å². The van der Waals surface area contributed by atoms with E-state index >= 15 is 0 Å². The Bertz CT molecular complexity index is 756. The summed E-state index contributed by atoms with van der Waals surface area (Å²) in [4.78, 5) is 28.4. The van der Waals surface area contributed by atoms with Crippen LogP contribution >= 0.6 is 11.8 Å². The second kappa shape index (κ2) is 7.30. The number of para-hydroxylation sites is 1. The zero-order valence-electron chi connectivity index (χ0n) is 14.2. The summed E-state index contributed by atoms with van der Waals surface area (Å²) in [5.74, 6) is 1.37. The number of nitrogens with one attached hydrogen (secondary N) is 1. The van der Waals surface area contributed by atoms with Gasteiger partial charge in [0, 0.05) is 29.7 Å². The number of H-pyrrole nitrogens is 1. The highest BCUT2D eigenvalue weighted by molar-refractivity contribution is 7.99. The van der Waals surface area contributed by atoms with Crippen LogP contribution < -0.4 is 0 Å². The second-order valence-electron chi connectivity index (χ2n) is 5.98. The molecule has 1 aliphatic heterocycles. The van der Waals surface area contributed by atoms with E-state index in [2.05, 4.69) is 4.98 Å². The molecule has 1 saturated heterocycles. The van der Waals surface area contributed by atoms with Crippen molar-refractivity contribution in [2.45, 2.75) is 26.7 Å². The van der Waals surface area contributed by atoms with Gasteiger partial charge in [0.2, 0.25) is 5.91 Å². The van der Waals surface area contributed by atoms with Crippen LogP contribution in [0.3, 0.4) is 0 Å². The first-order chi connectivity index (χ1) is 11.6. The fourth-order valence-electron chi connectivity index (χ4n) is 3.20. The van der Waals surface area contributed by atoms with Crippen LogP contribution in [0.15, 0.2) is 24.3 Å². The van der Waals surface area contributed by atoms with Gasteiger partial charge in [0.1, 0.15) is 0 Å². The lowest BCUT2D eigenvalue weighted by atomic mass is 10.1. The largest absolute Gasteiger partial charge is 0.358 e. The molecule has 0 saturated carbocycles. The number of carbonyl (C=O) groups excluding carboxylic acids is 2. The van der Waals surface area contributed by atoms with Crippen molar-refractivity contribution in [3.8, 4) is 0 Å². The van der Waals surface area contributed by atoms with Gasteiger partial charge in [0.05, 0.1) is 12.2 Å². The summed E-state index contributed by atoms with van der Waals surface area (Å²) in [6, 6.07) is 8.02. The predicted molar refractivity (Wildman–Crippen MR) is 97.8 cm³/mol. The third kappa shape index (κ3) is 3.29. The van der Waals surface area contributed by atoms with Crippen LogP contribution in [0.25, 0.3) is 10.9 Å². The monoisotopic (exact) mass is 345 g/mol. The number of hydrazine groups is 1. The number of thioether (sulfide) groups is 1. The van der Waals surface area contributed by atoms with Crippen LogP contribution in [-0.2, 0) is 16.0 Å². The average molecular weight is 345 g/mol. The molecule has 0 unspecified atom stereocenters. The van der Waals surface area contributed by atoms with E-state index in [0.29, 0.717) is 25.3 Å². The summed E-state index contributed by atoms with van der Waals surface area (Å²) < 4.78 is 0. The highest BCUT2D eigenvalue weighted by atomic mass is 32.2. The number of hydrogen-bond acceptors (Lipinski definition) is 3. The third-order valence-corrected chi connectivity index (χ3v) is 5.25. The normalized spacial score (nSPS) is 14.6. The minimum atomic E-state index is -0.00444. The van der Waals surface area contributed by atoms with Crippen molar-refractivity contribution in [2.75, 3.05) is 24.6 Å². The van der Waals surface area contributed by atoms with E-state index in [4.69, 9.17) is 0 Å². The number of hydrogen-bond donors (Lipinski definition) is 1. The van der Waals surface area contributed by atoms with E-state index in [1.54, 1.807) is 21.8 Å². The SMILES string of the molecule is CCSCC(=O)N1CCCN1C(=O)Cc1c(C)[nH]c2ccccc12. The van der Waals surface area contributed by atoms with Gasteiger partial charge in [-0.05, 0) is 30.7 Å². The summed E-state index contributed by atoms with van der Waals surface area (Å²) in [6.45, 7) is 5.29. The van der Waals surface area contributed by atoms with Crippen molar-refractivity contribution >= 4 is 34.5 Å². The molecule has 0 aliphatic carbocycles. The number of aromatic amines is 1. The first kappa shape index (κ1) is 16.9. The Morgan fingerprint density at radius 1 is 1.17 bits per heavy atom. The maximum atomic E-state index is 12.8. The molecule has 128 valence electrons. The van der Waals surface area contributed by atoms with Gasteiger partial charge < -0.3 is 4.98 Å². The lowest BCUT2D eigenvalue weighted by Crippen LogP contribution is -2.46. The van der Waals surface area contributed by atoms with E-state index in [1.165, 1.54) is 0 Å². The van der Waals surface area contributed by atoms with Gasteiger partial charge in [0.15, 0.2) is 0 Å². The zero-order valence-corrected chi connectivity index (χ0v) is 15.0. The number of benzene rings is 1. The molecule has 5 nitrogen and oxygen atoms in total. The van der Waals surface area contributed by atoms with E-state index < -0.39 is 0 Å². The standard InChI is InChI=1S/C18H23N3O2S/c1-3-24-12-18(23)21-10-6-9-20(21)17(22)11-15-13(2)19-16-8-5-4-7-14(15)16/h4-5,7-8,19H,3,6,9-12H2,1-2H3. The molecule has 3 rings (SSSR count). The highest BCUT2D eigenvalue weighted by Crippen LogP contribution is 2.24. The van der Waals surface area contributed by atoms with Crippen LogP contribution in [0.4, 0.5) is 0 Å². The lowest BCUT2D eigenvalue weighted by Gasteiger charge is -2.28. The molecular formula is C18H23N3O2S. The topological polar surface area (TPSA) is 56.4 Å². The first-order valence-electron chi connectivity index (χ1n) is 8.36. The second-order valence-corrected chi connectivity index (χ2v) is 7.25. The van der Waals surface area contributed by atoms with Crippen LogP contribution in [0.2, 0.25) is 0 Å². The lowest BCUT2D eigenvalue weighted by molar-refractivity contribution is -0.155. The van der Waals surface area contributed by atoms with Crippen LogP contribution in [0.1, 0.15) is 24.6 Å². The third-order valence-electron chi connectivity index (χ3n) is 4.39. The van der Waals surface area contributed by atoms with Gasteiger partial charge in [-0.2, -0.15) is 11.8 Å². The van der Waals surface area contributed by atoms with Crippen molar-refractivity contribution in [2.24, 2.45) is 0 Å². The summed E-state index contributed by atoms with van der Waals surface area (Å²) >= 11 is 1.59. The van der Waals surface area contributed by atoms with Gasteiger partial charge >= 0.3 is 0 Å². The number of fused-ring (bicyclic) bond motifs is 1. The number of carbonyl (C=O) groups is 2. The number of nitrogens with zero attached hydrogens (tertiary/aromatic N) is 2. The highest BCUT2D eigenvalue weighted by Gasteiger charge is 2.30. The van der Waals surface area contributed by atoms with Crippen LogP contribution in [0.5, 0.6) is 0 Å². The Kier molecular flexibility index (Phi) is 5.14. The van der Waals surface area contributed by atoms with Crippen molar-refractivity contribution in [3.63, 3.8) is 0 Å². The number of rotatable bonds is 5. The zero-order chi connectivity index (χ0) is 17.1. The summed E-state index contributed by atoms with van der Waals surface area (Å²) in [5.41, 5.74) is 3.09. The fourth-order valence-corrected chi connectivity index (χ4v) is 3.73. The molecule has 6 heteroatoms. The molecule has 0 radical (unpaired) electrons. The van der Waals surface area contributed by atoms with Gasteiger partial charge in [-0.15, -0.1) is 0 Å². The minimum Gasteiger partial charge on any atom is -0.358 e. The molecule has 1 aliphatic rings. The Morgan fingerprint density at radius 3 is 2.62 bits per heavy atom. The van der Waals surface area contributed by atoms with E-state index in [1.807, 2.05) is 38.1 Å². The van der Waals surface area contributed by atoms with Gasteiger partial charge in [0.25, 0.3) is 5.91 Å². The molecule has 0 atom stereocenters. The molecule has 24 heavy (non-hydrogen) atoms. The quantitative estimate of drug-likeness (QED) is 0.906. The van der Waals surface area contributed by atoms with Crippen molar-refractivity contribution in [1.82, 2.24) is 15.0 Å². The van der Waals surface area contributed by atoms with Crippen LogP contribution in [-0.4, -0.2) is 51.4 Å². The van der Waals surface area contributed by atoms with E-state index in [-0.39, 0.29) is 11.8 Å². The van der Waals surface area contributed by atoms with Gasteiger partial charge in [-0.25, -0.2) is 0 Å². The maximum Gasteiger partial charge on any atom is 0.251 e. The van der Waals surface area contributed by atoms with Gasteiger partial charge in [-0.3, -0.25) is 19.6 Å². The maximum absolute atomic E-state index is 12.8. The molecule has 2 heterocycles. The molecule has 1 aromatic heterocycles. The number of amides is 2. The van der Waals surface area contributed by atoms with E-state index in [9.17, 15) is 9.59 Å². The molecule has 0 spiro atoms. The smallest absolute Gasteiger partial charge is 0.251 e. The molecular weight excluding hydrogens is 322 g/mol. The molecule has 2 aromatic rings. The average Bonchev–Trinajstić information content (AvgIpc) is 3.18. The Balaban J connectivity index is 1.76. The Hall–Kier alpha value is -1.95. The molecule has 1 N–H and O–H groups in total. The van der Waals surface area contributed by atoms with Gasteiger partial charge in [-0.1, -0.05) is 25.1 Å².